The van der Waals surface area contributed by atoms with Crippen molar-refractivity contribution in [1.29, 1.82) is 0 Å². The number of nitrogens with zero attached hydrogens (tertiary/aromatic N) is 4. The maximum atomic E-state index is 13.3. The van der Waals surface area contributed by atoms with Gasteiger partial charge in [-0.3, -0.25) is 10.2 Å². The van der Waals surface area contributed by atoms with Gasteiger partial charge in [-0.2, -0.15) is 5.10 Å². The first-order valence-corrected chi connectivity index (χ1v) is 13.4. The van der Waals surface area contributed by atoms with Crippen LogP contribution in [-0.2, 0) is 0 Å². The molecule has 0 radical (unpaired) electrons. The van der Waals surface area contributed by atoms with Crippen LogP contribution in [0.4, 0.5) is 4.79 Å². The largest absolute Gasteiger partial charge is 0.492 e. The van der Waals surface area contributed by atoms with Crippen LogP contribution in [0.25, 0.3) is 16.9 Å². The van der Waals surface area contributed by atoms with E-state index in [-0.39, 0.29) is 19.1 Å². The number of hydrogen-bond acceptors (Lipinski definition) is 5. The molecule has 11 heteroatoms. The van der Waals surface area contributed by atoms with Crippen molar-refractivity contribution in [1.82, 2.24) is 25.1 Å². The maximum Gasteiger partial charge on any atom is 0.407 e. The van der Waals surface area contributed by atoms with E-state index in [4.69, 9.17) is 33.0 Å². The minimum Gasteiger partial charge on any atom is -0.492 e. The maximum absolute atomic E-state index is 13.3. The molecule has 2 amide bonds. The first-order chi connectivity index (χ1) is 18.3. The second kappa shape index (κ2) is 12.5. The molecule has 38 heavy (non-hydrogen) atoms. The topological polar surface area (TPSA) is 99.9 Å². The van der Waals surface area contributed by atoms with Crippen LogP contribution in [0.3, 0.4) is 0 Å². The molecule has 0 saturated carbocycles. The van der Waals surface area contributed by atoms with Gasteiger partial charge in [-0.25, -0.2) is 14.5 Å². The van der Waals surface area contributed by atoms with Crippen LogP contribution in [0, 0.1) is 6.92 Å². The number of carbonyl (C=O) groups is 2. The van der Waals surface area contributed by atoms with Gasteiger partial charge in [0.25, 0.3) is 5.91 Å². The van der Waals surface area contributed by atoms with Gasteiger partial charge in [0.2, 0.25) is 0 Å². The van der Waals surface area contributed by atoms with Gasteiger partial charge in [-0.15, -0.1) is 0 Å². The number of rotatable bonds is 9. The van der Waals surface area contributed by atoms with E-state index in [9.17, 15) is 9.59 Å². The summed E-state index contributed by atoms with van der Waals surface area (Å²) in [6, 6.07) is 12.5. The predicted octanol–water partition coefficient (Wildman–Crippen LogP) is 5.66. The third-order valence-corrected chi connectivity index (χ3v) is 7.04. The molecule has 2 N–H and O–H groups in total. The first kappa shape index (κ1) is 27.8. The number of hydrogen-bond donors (Lipinski definition) is 2. The predicted molar refractivity (Wildman–Crippen MR) is 147 cm³/mol. The van der Waals surface area contributed by atoms with Crippen LogP contribution in [0.1, 0.15) is 42.2 Å². The number of piperidine rings is 1. The Bertz CT molecular complexity index is 1290. The standard InChI is InChI=1S/C27H31Cl2N5O4/c1-3-32(27(36)37)15-16-38-21-10-7-19(8-11-21)25-18(2)24(26(35)31-33-13-5-4-6-14-33)30-34(25)23-12-9-20(28)17-22(23)29/h7-12,17H,3-6,13-16H2,1-2H3,(H,31,35)(H,36,37). The second-order valence-corrected chi connectivity index (χ2v) is 9.90. The lowest BCUT2D eigenvalue weighted by molar-refractivity contribution is 0.0743. The smallest absolute Gasteiger partial charge is 0.407 e. The van der Waals surface area contributed by atoms with Gasteiger partial charge in [-0.1, -0.05) is 29.6 Å². The van der Waals surface area contributed by atoms with Crippen molar-refractivity contribution in [2.45, 2.75) is 33.1 Å². The fraction of sp³-hybridized carbons (Fsp3) is 0.370. The monoisotopic (exact) mass is 559 g/mol. The second-order valence-electron chi connectivity index (χ2n) is 9.05. The van der Waals surface area contributed by atoms with Crippen LogP contribution < -0.4 is 10.2 Å². The van der Waals surface area contributed by atoms with Crippen LogP contribution >= 0.6 is 23.2 Å². The fourth-order valence-corrected chi connectivity index (χ4v) is 4.94. The highest BCUT2D eigenvalue weighted by atomic mass is 35.5. The Morgan fingerprint density at radius 1 is 1.11 bits per heavy atom. The average Bonchev–Trinajstić information content (AvgIpc) is 3.24. The van der Waals surface area contributed by atoms with Crippen molar-refractivity contribution in [2.75, 3.05) is 32.8 Å². The molecule has 0 aliphatic carbocycles. The molecule has 1 aromatic heterocycles. The lowest BCUT2D eigenvalue weighted by Gasteiger charge is -2.26. The summed E-state index contributed by atoms with van der Waals surface area (Å²) in [5, 5.41) is 16.7. The summed E-state index contributed by atoms with van der Waals surface area (Å²) in [4.78, 5) is 25.7. The van der Waals surface area contributed by atoms with Crippen molar-refractivity contribution in [3.8, 4) is 22.7 Å². The number of halogens is 2. The summed E-state index contributed by atoms with van der Waals surface area (Å²) in [5.41, 5.74) is 6.14. The van der Waals surface area contributed by atoms with E-state index in [2.05, 4.69) is 10.5 Å². The zero-order valence-corrected chi connectivity index (χ0v) is 22.9. The minimum absolute atomic E-state index is 0.234. The summed E-state index contributed by atoms with van der Waals surface area (Å²) in [5.74, 6) is 0.333. The van der Waals surface area contributed by atoms with Crippen molar-refractivity contribution >= 4 is 35.2 Å². The molecule has 0 unspecified atom stereocenters. The zero-order chi connectivity index (χ0) is 27.2. The Hall–Kier alpha value is -3.27. The van der Waals surface area contributed by atoms with Gasteiger partial charge in [0.15, 0.2) is 5.69 Å². The van der Waals surface area contributed by atoms with Crippen LogP contribution in [0.2, 0.25) is 10.0 Å². The Morgan fingerprint density at radius 2 is 1.82 bits per heavy atom. The molecule has 1 fully saturated rings. The molecular weight excluding hydrogens is 529 g/mol. The van der Waals surface area contributed by atoms with E-state index in [0.717, 1.165) is 37.9 Å². The first-order valence-electron chi connectivity index (χ1n) is 12.6. The Balaban J connectivity index is 1.63. The van der Waals surface area contributed by atoms with Gasteiger partial charge in [0.1, 0.15) is 12.4 Å². The molecule has 4 rings (SSSR count). The Morgan fingerprint density at radius 3 is 2.45 bits per heavy atom. The number of likely N-dealkylation sites (N-methyl/N-ethyl adjacent to an activating group) is 1. The van der Waals surface area contributed by atoms with Gasteiger partial charge >= 0.3 is 6.09 Å². The number of carbonyl (C=O) groups excluding carboxylic acids is 1. The highest BCUT2D eigenvalue weighted by Crippen LogP contribution is 2.33. The number of benzene rings is 2. The Labute approximate surface area is 231 Å². The molecular formula is C27H31Cl2N5O4. The number of amides is 2. The fourth-order valence-electron chi connectivity index (χ4n) is 4.45. The minimum atomic E-state index is -0.976. The lowest BCUT2D eigenvalue weighted by Crippen LogP contribution is -2.45. The summed E-state index contributed by atoms with van der Waals surface area (Å²) in [6.07, 6.45) is 2.27. The normalized spacial score (nSPS) is 13.8. The summed E-state index contributed by atoms with van der Waals surface area (Å²) in [6.45, 7) is 6.16. The molecule has 0 bridgehead atoms. The third-order valence-electron chi connectivity index (χ3n) is 6.50. The van der Waals surface area contributed by atoms with E-state index >= 15 is 0 Å². The van der Waals surface area contributed by atoms with Crippen molar-refractivity contribution in [3.63, 3.8) is 0 Å². The van der Waals surface area contributed by atoms with Crippen molar-refractivity contribution in [2.24, 2.45) is 0 Å². The lowest BCUT2D eigenvalue weighted by atomic mass is 10.1. The number of aromatic nitrogens is 2. The van der Waals surface area contributed by atoms with Crippen molar-refractivity contribution in [3.05, 3.63) is 63.8 Å². The van der Waals surface area contributed by atoms with E-state index < -0.39 is 6.09 Å². The van der Waals surface area contributed by atoms with Crippen LogP contribution in [0.15, 0.2) is 42.5 Å². The molecule has 0 spiro atoms. The molecule has 2 aromatic carbocycles. The molecule has 2 heterocycles. The number of ether oxygens (including phenoxy) is 1. The van der Waals surface area contributed by atoms with E-state index in [0.29, 0.717) is 45.0 Å². The molecule has 0 atom stereocenters. The van der Waals surface area contributed by atoms with Gasteiger partial charge in [-0.05, 0) is 69.2 Å². The molecule has 3 aromatic rings. The molecule has 1 aliphatic rings. The molecule has 1 aliphatic heterocycles. The average molecular weight is 560 g/mol. The number of nitrogens with one attached hydrogen (secondary N) is 1. The number of hydrazine groups is 1. The number of carboxylic acid groups (broad SMARTS) is 1. The highest BCUT2D eigenvalue weighted by Gasteiger charge is 2.25. The third kappa shape index (κ3) is 6.40. The highest BCUT2D eigenvalue weighted by molar-refractivity contribution is 6.35. The zero-order valence-electron chi connectivity index (χ0n) is 21.4. The van der Waals surface area contributed by atoms with Crippen LogP contribution in [-0.4, -0.2) is 69.6 Å². The SMILES string of the molecule is CCN(CCOc1ccc(-c2c(C)c(C(=O)NN3CCCCC3)nn2-c2ccc(Cl)cc2Cl)cc1)C(=O)O. The molecule has 202 valence electrons. The van der Waals surface area contributed by atoms with E-state index in [1.807, 2.05) is 24.1 Å². The van der Waals surface area contributed by atoms with Gasteiger partial charge in [0, 0.05) is 35.8 Å². The molecule has 1 saturated heterocycles. The Kier molecular flexibility index (Phi) is 9.14. The summed E-state index contributed by atoms with van der Waals surface area (Å²) < 4.78 is 7.42. The summed E-state index contributed by atoms with van der Waals surface area (Å²) in [7, 11) is 0. The van der Waals surface area contributed by atoms with Crippen LogP contribution in [0.5, 0.6) is 5.75 Å². The van der Waals surface area contributed by atoms with E-state index in [1.54, 1.807) is 41.9 Å². The summed E-state index contributed by atoms with van der Waals surface area (Å²) >= 11 is 12.7. The molecule has 9 nitrogen and oxygen atoms in total. The van der Waals surface area contributed by atoms with Crippen molar-refractivity contribution < 1.29 is 19.4 Å². The van der Waals surface area contributed by atoms with Gasteiger partial charge in [0.05, 0.1) is 22.9 Å². The van der Waals surface area contributed by atoms with Gasteiger partial charge < -0.3 is 14.7 Å². The van der Waals surface area contributed by atoms with E-state index in [1.165, 1.54) is 4.90 Å². The quantitative estimate of drug-likeness (QED) is 0.350.